The van der Waals surface area contributed by atoms with Crippen LogP contribution in [0.4, 0.5) is 5.13 Å². The standard InChI is InChI=1S/C20H25N5O6S2/c26-18(23-24-19(27)17-13-32-20(22-17)25-6-9-30-10-7-25)14-3-1-5-16(11-14)33(28,29)21-12-15-4-2-8-31-15/h1,3,5,11,13,15,21H,2,4,6-10,12H2,(H,23,26)(H,24,27)/t15-/m0/s1. The molecule has 0 saturated carbocycles. The third-order valence-electron chi connectivity index (χ3n) is 5.23. The molecule has 2 fully saturated rings. The molecule has 2 saturated heterocycles. The van der Waals surface area contributed by atoms with Crippen LogP contribution >= 0.6 is 11.3 Å². The van der Waals surface area contributed by atoms with Crippen molar-refractivity contribution < 1.29 is 27.5 Å². The summed E-state index contributed by atoms with van der Waals surface area (Å²) in [5, 5.41) is 2.32. The number of hydrogen-bond acceptors (Lipinski definition) is 9. The van der Waals surface area contributed by atoms with Crippen molar-refractivity contribution in [3.63, 3.8) is 0 Å². The van der Waals surface area contributed by atoms with Crippen LogP contribution in [0.15, 0.2) is 34.5 Å². The largest absolute Gasteiger partial charge is 0.378 e. The molecule has 13 heteroatoms. The lowest BCUT2D eigenvalue weighted by atomic mass is 10.2. The highest BCUT2D eigenvalue weighted by atomic mass is 32.2. The van der Waals surface area contributed by atoms with E-state index in [0.717, 1.165) is 12.8 Å². The van der Waals surface area contributed by atoms with Gasteiger partial charge in [-0.3, -0.25) is 20.4 Å². The van der Waals surface area contributed by atoms with Gasteiger partial charge in [0, 0.05) is 37.2 Å². The molecule has 0 bridgehead atoms. The zero-order valence-corrected chi connectivity index (χ0v) is 19.4. The maximum absolute atomic E-state index is 12.6. The second-order valence-electron chi connectivity index (χ2n) is 7.54. The van der Waals surface area contributed by atoms with Crippen LogP contribution in [0.2, 0.25) is 0 Å². The summed E-state index contributed by atoms with van der Waals surface area (Å²) in [4.78, 5) is 31.1. The third kappa shape index (κ3) is 6.06. The molecule has 0 spiro atoms. The Labute approximate surface area is 195 Å². The SMILES string of the molecule is O=C(NNC(=O)c1csc(N2CCOCC2)n1)c1cccc(S(=O)(=O)NC[C@@H]2CCCO2)c1. The number of amides is 2. The van der Waals surface area contributed by atoms with E-state index in [2.05, 4.69) is 20.6 Å². The fourth-order valence-corrected chi connectivity index (χ4v) is 5.39. The second-order valence-corrected chi connectivity index (χ2v) is 10.1. The fourth-order valence-electron chi connectivity index (χ4n) is 3.41. The maximum atomic E-state index is 12.6. The van der Waals surface area contributed by atoms with Crippen LogP contribution in [0.3, 0.4) is 0 Å². The van der Waals surface area contributed by atoms with Crippen molar-refractivity contribution >= 4 is 38.3 Å². The van der Waals surface area contributed by atoms with Gasteiger partial charge in [-0.1, -0.05) is 6.07 Å². The minimum Gasteiger partial charge on any atom is -0.378 e. The maximum Gasteiger partial charge on any atom is 0.289 e. The lowest BCUT2D eigenvalue weighted by molar-refractivity contribution is 0.0844. The molecule has 2 amide bonds. The first kappa shape index (κ1) is 23.6. The summed E-state index contributed by atoms with van der Waals surface area (Å²) in [6, 6.07) is 5.57. The monoisotopic (exact) mass is 495 g/mol. The lowest BCUT2D eigenvalue weighted by Gasteiger charge is -2.25. The van der Waals surface area contributed by atoms with Crippen LogP contribution in [0.25, 0.3) is 0 Å². The minimum absolute atomic E-state index is 0.0471. The number of benzene rings is 1. The third-order valence-corrected chi connectivity index (χ3v) is 7.55. The second kappa shape index (κ2) is 10.6. The van der Waals surface area contributed by atoms with Gasteiger partial charge >= 0.3 is 0 Å². The molecule has 2 aliphatic heterocycles. The summed E-state index contributed by atoms with van der Waals surface area (Å²) in [5.41, 5.74) is 4.88. The first-order valence-corrected chi connectivity index (χ1v) is 12.9. The number of anilines is 1. The zero-order valence-electron chi connectivity index (χ0n) is 17.8. The molecular weight excluding hydrogens is 470 g/mol. The van der Waals surface area contributed by atoms with Gasteiger partial charge in [-0.25, -0.2) is 18.1 Å². The Morgan fingerprint density at radius 2 is 1.94 bits per heavy atom. The molecule has 0 unspecified atom stereocenters. The van der Waals surface area contributed by atoms with Gasteiger partial charge in [0.05, 0.1) is 24.2 Å². The molecule has 0 radical (unpaired) electrons. The molecule has 1 aromatic carbocycles. The van der Waals surface area contributed by atoms with E-state index in [-0.39, 0.29) is 28.8 Å². The van der Waals surface area contributed by atoms with Crippen molar-refractivity contribution in [3.05, 3.63) is 40.9 Å². The number of aromatic nitrogens is 1. The summed E-state index contributed by atoms with van der Waals surface area (Å²) in [7, 11) is -3.81. The predicted molar refractivity (Wildman–Crippen MR) is 121 cm³/mol. The molecule has 2 aromatic rings. The van der Waals surface area contributed by atoms with Gasteiger partial charge in [-0.15, -0.1) is 11.3 Å². The molecule has 4 rings (SSSR count). The van der Waals surface area contributed by atoms with Crippen molar-refractivity contribution in [2.75, 3.05) is 44.4 Å². The van der Waals surface area contributed by atoms with Crippen LogP contribution < -0.4 is 20.5 Å². The molecule has 3 N–H and O–H groups in total. The number of hydrazine groups is 1. The van der Waals surface area contributed by atoms with Crippen LogP contribution in [0, 0.1) is 0 Å². The summed E-state index contributed by atoms with van der Waals surface area (Å²) in [6.07, 6.45) is 1.57. The predicted octanol–water partition coefficient (Wildman–Crippen LogP) is 0.512. The Balaban J connectivity index is 1.33. The van der Waals surface area contributed by atoms with Crippen LogP contribution in [0.1, 0.15) is 33.7 Å². The Bertz CT molecular complexity index is 1090. The lowest BCUT2D eigenvalue weighted by Crippen LogP contribution is -2.42. The van der Waals surface area contributed by atoms with Gasteiger partial charge in [0.25, 0.3) is 11.8 Å². The van der Waals surface area contributed by atoms with E-state index in [1.54, 1.807) is 5.38 Å². The van der Waals surface area contributed by atoms with Gasteiger partial charge < -0.3 is 14.4 Å². The molecule has 11 nitrogen and oxygen atoms in total. The molecule has 0 aliphatic carbocycles. The highest BCUT2D eigenvalue weighted by molar-refractivity contribution is 7.89. The van der Waals surface area contributed by atoms with Crippen molar-refractivity contribution in [3.8, 4) is 0 Å². The number of hydrogen-bond donors (Lipinski definition) is 3. The Morgan fingerprint density at radius 1 is 1.15 bits per heavy atom. The smallest absolute Gasteiger partial charge is 0.289 e. The highest BCUT2D eigenvalue weighted by Crippen LogP contribution is 2.21. The average Bonchev–Trinajstić information content (AvgIpc) is 3.54. The molecule has 3 heterocycles. The van der Waals surface area contributed by atoms with E-state index in [1.165, 1.54) is 35.6 Å². The van der Waals surface area contributed by atoms with E-state index in [9.17, 15) is 18.0 Å². The average molecular weight is 496 g/mol. The van der Waals surface area contributed by atoms with Gasteiger partial charge in [0.15, 0.2) is 5.13 Å². The van der Waals surface area contributed by atoms with Gasteiger partial charge in [0.1, 0.15) is 5.69 Å². The molecule has 33 heavy (non-hydrogen) atoms. The summed E-state index contributed by atoms with van der Waals surface area (Å²) in [5.74, 6) is -1.22. The molecule has 1 atom stereocenters. The topological polar surface area (TPSA) is 139 Å². The first-order valence-electron chi connectivity index (χ1n) is 10.5. The number of sulfonamides is 1. The zero-order chi connectivity index (χ0) is 23.3. The number of thiazole rings is 1. The van der Waals surface area contributed by atoms with Crippen LogP contribution in [-0.2, 0) is 19.5 Å². The number of nitrogens with zero attached hydrogens (tertiary/aromatic N) is 2. The number of rotatable bonds is 7. The van der Waals surface area contributed by atoms with Crippen LogP contribution in [0.5, 0.6) is 0 Å². The summed E-state index contributed by atoms with van der Waals surface area (Å²) >= 11 is 1.34. The summed E-state index contributed by atoms with van der Waals surface area (Å²) in [6.45, 7) is 3.42. The van der Waals surface area contributed by atoms with E-state index < -0.39 is 21.8 Å². The number of morpholine rings is 1. The van der Waals surface area contributed by atoms with Crippen molar-refractivity contribution in [2.24, 2.45) is 0 Å². The molecular formula is C20H25N5O6S2. The fraction of sp³-hybridized carbons (Fsp3) is 0.450. The van der Waals surface area contributed by atoms with Crippen molar-refractivity contribution in [2.45, 2.75) is 23.8 Å². The molecule has 178 valence electrons. The number of nitrogens with one attached hydrogen (secondary N) is 3. The van der Waals surface area contributed by atoms with E-state index in [1.807, 2.05) is 4.90 Å². The van der Waals surface area contributed by atoms with Gasteiger partial charge in [-0.05, 0) is 31.0 Å². The highest BCUT2D eigenvalue weighted by Gasteiger charge is 2.22. The number of carbonyl (C=O) groups is 2. The Kier molecular flexibility index (Phi) is 7.55. The van der Waals surface area contributed by atoms with E-state index in [0.29, 0.717) is 38.0 Å². The number of ether oxygens (including phenoxy) is 2. The first-order chi connectivity index (χ1) is 15.9. The summed E-state index contributed by atoms with van der Waals surface area (Å²) < 4.78 is 38.4. The van der Waals surface area contributed by atoms with Crippen molar-refractivity contribution in [1.29, 1.82) is 0 Å². The van der Waals surface area contributed by atoms with Crippen LogP contribution in [-0.4, -0.2) is 70.8 Å². The normalized spacial score (nSPS) is 18.8. The van der Waals surface area contributed by atoms with E-state index in [4.69, 9.17) is 9.47 Å². The number of carbonyl (C=O) groups excluding carboxylic acids is 2. The van der Waals surface area contributed by atoms with E-state index >= 15 is 0 Å². The van der Waals surface area contributed by atoms with Gasteiger partial charge in [0.2, 0.25) is 10.0 Å². The molecule has 2 aliphatic rings. The Morgan fingerprint density at radius 3 is 2.70 bits per heavy atom. The minimum atomic E-state index is -3.81. The Hall–Kier alpha value is -2.58. The van der Waals surface area contributed by atoms with Gasteiger partial charge in [-0.2, -0.15) is 0 Å². The quantitative estimate of drug-likeness (QED) is 0.473. The van der Waals surface area contributed by atoms with Crippen molar-refractivity contribution in [1.82, 2.24) is 20.6 Å². The molecule has 1 aromatic heterocycles.